The molecule has 8 rings (SSSR count). The number of hydrogen-bond acceptors (Lipinski definition) is 6. The lowest BCUT2D eigenvalue weighted by Gasteiger charge is -2.39. The lowest BCUT2D eigenvalue weighted by Crippen LogP contribution is -2.42. The van der Waals surface area contributed by atoms with Crippen molar-refractivity contribution in [2.24, 2.45) is 0 Å². The van der Waals surface area contributed by atoms with Crippen molar-refractivity contribution in [3.8, 4) is 11.8 Å². The Labute approximate surface area is 283 Å². The van der Waals surface area contributed by atoms with Crippen LogP contribution in [0.2, 0.25) is 0 Å². The standard InChI is InChI=1S/C42H44N4O2/c1-45-27-11-9-25-37(45)39(33-23-13-17-29-15-3-5-19-31(29)33)47-41-35-21-7-8-22-36(35)42(44-43-41)48-40(38-26-10-12-28-46(38)2)34-24-14-18-30-16-4-6-20-32(30)34/h3-8,13-24,37-40H,9-12,25-28H2,1-2H3/t37-,38?,39-,40-/m0/s1. The largest absolute Gasteiger partial charge is 0.466 e. The van der Waals surface area contributed by atoms with Crippen LogP contribution in [0.25, 0.3) is 32.3 Å². The van der Waals surface area contributed by atoms with Crippen LogP contribution in [0.5, 0.6) is 11.8 Å². The van der Waals surface area contributed by atoms with E-state index in [9.17, 15) is 0 Å². The van der Waals surface area contributed by atoms with Crippen LogP contribution in [-0.2, 0) is 0 Å². The summed E-state index contributed by atoms with van der Waals surface area (Å²) in [4.78, 5) is 4.91. The molecule has 0 bridgehead atoms. The Hall–Kier alpha value is -4.52. The predicted molar refractivity (Wildman–Crippen MR) is 195 cm³/mol. The summed E-state index contributed by atoms with van der Waals surface area (Å²) in [7, 11) is 4.45. The molecule has 0 saturated carbocycles. The summed E-state index contributed by atoms with van der Waals surface area (Å²) in [5.74, 6) is 1.10. The SMILES string of the molecule is CN1CCCCC1[C@@H](Oc1nnc(O[C@@H](c2cccc3ccccc23)[C@@H]2CCCCN2C)c2ccccc12)c1cccc2ccccc12. The van der Waals surface area contributed by atoms with Gasteiger partial charge in [0, 0.05) is 11.1 Å². The highest BCUT2D eigenvalue weighted by atomic mass is 16.5. The molecule has 0 aliphatic carbocycles. The number of hydrogen-bond donors (Lipinski definition) is 0. The molecule has 0 radical (unpaired) electrons. The minimum absolute atomic E-state index is 0.204. The molecule has 6 nitrogen and oxygen atoms in total. The van der Waals surface area contributed by atoms with Crippen LogP contribution in [0.4, 0.5) is 0 Å². The molecule has 2 aliphatic heterocycles. The first kappa shape index (κ1) is 30.8. The Kier molecular flexibility index (Phi) is 8.68. The van der Waals surface area contributed by atoms with E-state index in [1.54, 1.807) is 0 Å². The number of benzene rings is 5. The average molecular weight is 637 g/mol. The first-order chi connectivity index (χ1) is 23.7. The van der Waals surface area contributed by atoms with Crippen LogP contribution in [0, 0.1) is 0 Å². The maximum atomic E-state index is 7.09. The van der Waals surface area contributed by atoms with E-state index in [1.807, 2.05) is 0 Å². The fourth-order valence-corrected chi connectivity index (χ4v) is 8.13. The van der Waals surface area contributed by atoms with Gasteiger partial charge in [0.25, 0.3) is 0 Å². The first-order valence-corrected chi connectivity index (χ1v) is 17.6. The van der Waals surface area contributed by atoms with Gasteiger partial charge in [0.2, 0.25) is 11.8 Å². The van der Waals surface area contributed by atoms with Crippen LogP contribution in [0.15, 0.2) is 109 Å². The molecular formula is C42H44N4O2. The summed E-state index contributed by atoms with van der Waals surface area (Å²) in [6.45, 7) is 2.11. The fraction of sp³-hybridized carbons (Fsp3) is 0.333. The summed E-state index contributed by atoms with van der Waals surface area (Å²) in [6, 6.07) is 39.0. The molecule has 1 aromatic heterocycles. The summed E-state index contributed by atoms with van der Waals surface area (Å²) < 4.78 is 14.2. The molecule has 0 N–H and O–H groups in total. The topological polar surface area (TPSA) is 50.7 Å². The molecule has 2 aliphatic rings. The minimum Gasteiger partial charge on any atom is -0.466 e. The van der Waals surface area contributed by atoms with E-state index in [-0.39, 0.29) is 24.3 Å². The maximum absolute atomic E-state index is 7.09. The van der Waals surface area contributed by atoms with E-state index >= 15 is 0 Å². The number of likely N-dealkylation sites (N-methyl/N-ethyl adjacent to an activating group) is 2. The quantitative estimate of drug-likeness (QED) is 0.166. The highest BCUT2D eigenvalue weighted by Crippen LogP contribution is 2.41. The van der Waals surface area contributed by atoms with E-state index in [4.69, 9.17) is 19.7 Å². The van der Waals surface area contributed by atoms with Crippen molar-refractivity contribution < 1.29 is 9.47 Å². The number of likely N-dealkylation sites (tertiary alicyclic amines) is 2. The fourth-order valence-electron chi connectivity index (χ4n) is 8.13. The van der Waals surface area contributed by atoms with Crippen molar-refractivity contribution >= 4 is 32.3 Å². The Bertz CT molecular complexity index is 1890. The molecule has 0 spiro atoms. The number of piperidine rings is 2. The predicted octanol–water partition coefficient (Wildman–Crippen LogP) is 9.15. The van der Waals surface area contributed by atoms with Gasteiger partial charge in [0.05, 0.1) is 22.9 Å². The monoisotopic (exact) mass is 636 g/mol. The normalized spacial score (nSPS) is 20.5. The molecule has 244 valence electrons. The Morgan fingerprint density at radius 2 is 0.896 bits per heavy atom. The average Bonchev–Trinajstić information content (AvgIpc) is 3.14. The van der Waals surface area contributed by atoms with Gasteiger partial charge >= 0.3 is 0 Å². The summed E-state index contributed by atoms with van der Waals surface area (Å²) in [5, 5.41) is 16.3. The van der Waals surface area contributed by atoms with E-state index in [0.717, 1.165) is 36.7 Å². The zero-order valence-corrected chi connectivity index (χ0v) is 28.0. The molecule has 4 atom stereocenters. The van der Waals surface area contributed by atoms with E-state index < -0.39 is 0 Å². The molecule has 3 heterocycles. The third kappa shape index (κ3) is 5.88. The molecule has 6 heteroatoms. The van der Waals surface area contributed by atoms with Gasteiger partial charge in [-0.05, 0) is 86.5 Å². The van der Waals surface area contributed by atoms with Gasteiger partial charge in [-0.2, -0.15) is 0 Å². The van der Waals surface area contributed by atoms with Crippen LogP contribution in [0.1, 0.15) is 61.9 Å². The number of nitrogens with zero attached hydrogens (tertiary/aromatic N) is 4. The zero-order chi connectivity index (χ0) is 32.5. The number of rotatable bonds is 8. The molecule has 6 aromatic rings. The number of aromatic nitrogens is 2. The molecule has 2 saturated heterocycles. The van der Waals surface area contributed by atoms with Crippen LogP contribution >= 0.6 is 0 Å². The second-order valence-corrected chi connectivity index (χ2v) is 13.7. The van der Waals surface area contributed by atoms with Crippen LogP contribution < -0.4 is 9.47 Å². The van der Waals surface area contributed by atoms with Crippen molar-refractivity contribution in [1.82, 2.24) is 20.0 Å². The van der Waals surface area contributed by atoms with Gasteiger partial charge in [-0.25, -0.2) is 0 Å². The zero-order valence-electron chi connectivity index (χ0n) is 28.0. The van der Waals surface area contributed by atoms with E-state index in [2.05, 4.69) is 133 Å². The van der Waals surface area contributed by atoms with Crippen molar-refractivity contribution in [1.29, 1.82) is 0 Å². The molecule has 2 fully saturated rings. The molecule has 5 aromatic carbocycles. The van der Waals surface area contributed by atoms with E-state index in [0.29, 0.717) is 11.8 Å². The second-order valence-electron chi connectivity index (χ2n) is 13.7. The smallest absolute Gasteiger partial charge is 0.242 e. The third-order valence-corrected chi connectivity index (χ3v) is 10.7. The van der Waals surface area contributed by atoms with Crippen molar-refractivity contribution in [3.05, 3.63) is 120 Å². The highest BCUT2D eigenvalue weighted by Gasteiger charge is 2.35. The van der Waals surface area contributed by atoms with Gasteiger partial charge in [0.15, 0.2) is 0 Å². The maximum Gasteiger partial charge on any atom is 0.242 e. The van der Waals surface area contributed by atoms with Gasteiger partial charge in [-0.1, -0.05) is 110 Å². The molecule has 1 unspecified atom stereocenters. The number of fused-ring (bicyclic) bond motifs is 3. The van der Waals surface area contributed by atoms with Crippen molar-refractivity contribution in [2.75, 3.05) is 27.2 Å². The van der Waals surface area contributed by atoms with Crippen LogP contribution in [-0.4, -0.2) is 59.3 Å². The van der Waals surface area contributed by atoms with Gasteiger partial charge in [-0.15, -0.1) is 10.2 Å². The van der Waals surface area contributed by atoms with Gasteiger partial charge in [-0.3, -0.25) is 9.80 Å². The Balaban J connectivity index is 1.21. The van der Waals surface area contributed by atoms with Crippen molar-refractivity contribution in [2.45, 2.75) is 62.8 Å². The number of ether oxygens (including phenoxy) is 2. The Morgan fingerprint density at radius 3 is 1.33 bits per heavy atom. The van der Waals surface area contributed by atoms with Gasteiger partial charge in [0.1, 0.15) is 12.2 Å². The molecule has 0 amide bonds. The van der Waals surface area contributed by atoms with Crippen molar-refractivity contribution in [3.63, 3.8) is 0 Å². The lowest BCUT2D eigenvalue weighted by molar-refractivity contribution is 0.0512. The highest BCUT2D eigenvalue weighted by molar-refractivity contribution is 5.91. The third-order valence-electron chi connectivity index (χ3n) is 10.7. The van der Waals surface area contributed by atoms with Gasteiger partial charge < -0.3 is 9.47 Å². The van der Waals surface area contributed by atoms with Crippen LogP contribution in [0.3, 0.4) is 0 Å². The molecule has 48 heavy (non-hydrogen) atoms. The lowest BCUT2D eigenvalue weighted by atomic mass is 9.90. The minimum atomic E-state index is -0.204. The first-order valence-electron chi connectivity index (χ1n) is 17.6. The summed E-state index contributed by atoms with van der Waals surface area (Å²) in [5.41, 5.74) is 2.38. The molecular weight excluding hydrogens is 592 g/mol. The summed E-state index contributed by atoms with van der Waals surface area (Å²) >= 11 is 0. The summed E-state index contributed by atoms with van der Waals surface area (Å²) in [6.07, 6.45) is 6.51. The van der Waals surface area contributed by atoms with E-state index in [1.165, 1.54) is 58.4 Å². The second kappa shape index (κ2) is 13.5. The Morgan fingerprint density at radius 1 is 0.500 bits per heavy atom.